The lowest BCUT2D eigenvalue weighted by atomic mass is 10.0. The lowest BCUT2D eigenvalue weighted by Gasteiger charge is -2.14. The molecule has 0 bridgehead atoms. The van der Waals surface area contributed by atoms with Crippen molar-refractivity contribution in [3.63, 3.8) is 0 Å². The summed E-state index contributed by atoms with van der Waals surface area (Å²) in [7, 11) is 4.44. The first-order chi connectivity index (χ1) is 21.3. The first kappa shape index (κ1) is 34.3. The number of carboxylic acids is 1. The van der Waals surface area contributed by atoms with Gasteiger partial charge in [0.1, 0.15) is 25.1 Å². The predicted octanol–water partition coefficient (Wildman–Crippen LogP) is 2.39. The number of esters is 2. The molecule has 0 saturated carbocycles. The molecule has 0 spiro atoms. The first-order valence-corrected chi connectivity index (χ1v) is 13.4. The molecule has 0 fully saturated rings. The second-order valence-electron chi connectivity index (χ2n) is 9.02. The fraction of sp³-hybridized carbons (Fsp3) is 0.400. The fourth-order valence-electron chi connectivity index (χ4n) is 3.79. The van der Waals surface area contributed by atoms with Crippen molar-refractivity contribution in [2.75, 3.05) is 74.2 Å². The zero-order valence-corrected chi connectivity index (χ0v) is 24.5. The van der Waals surface area contributed by atoms with Gasteiger partial charge in [0.05, 0.1) is 50.6 Å². The van der Waals surface area contributed by atoms with Crippen molar-refractivity contribution in [3.8, 4) is 22.6 Å². The highest BCUT2D eigenvalue weighted by Crippen LogP contribution is 2.33. The van der Waals surface area contributed by atoms with Gasteiger partial charge in [0.2, 0.25) is 5.43 Å². The first-order valence-electron chi connectivity index (χ1n) is 13.4. The molecule has 1 N–H and O–H groups in total. The van der Waals surface area contributed by atoms with Gasteiger partial charge >= 0.3 is 17.9 Å². The molecule has 1 atom stereocenters. The smallest absolute Gasteiger partial charge is 0.337 e. The van der Waals surface area contributed by atoms with Crippen molar-refractivity contribution in [2.24, 2.45) is 0 Å². The molecule has 1 aromatic heterocycles. The second-order valence-corrected chi connectivity index (χ2v) is 9.02. The van der Waals surface area contributed by atoms with Gasteiger partial charge in [-0.1, -0.05) is 24.3 Å². The summed E-state index contributed by atoms with van der Waals surface area (Å²) in [4.78, 5) is 50.1. The van der Waals surface area contributed by atoms with E-state index in [1.165, 1.54) is 51.9 Å². The maximum atomic E-state index is 13.5. The number of carbonyl (C=O) groups excluding carboxylic acids is 2. The molecule has 1 heterocycles. The molecule has 0 aliphatic carbocycles. The van der Waals surface area contributed by atoms with Gasteiger partial charge in [-0.2, -0.15) is 0 Å². The molecule has 2 aromatic carbocycles. The van der Waals surface area contributed by atoms with Crippen LogP contribution < -0.4 is 14.9 Å². The summed E-state index contributed by atoms with van der Waals surface area (Å²) in [5.41, 5.74) is 0.501. The van der Waals surface area contributed by atoms with Crippen molar-refractivity contribution < 1.29 is 61.8 Å². The molecule has 14 nitrogen and oxygen atoms in total. The number of hydrogen-bond acceptors (Lipinski definition) is 13. The predicted molar refractivity (Wildman–Crippen MR) is 153 cm³/mol. The van der Waals surface area contributed by atoms with Crippen LogP contribution in [0, 0.1) is 0 Å². The molecule has 0 aliphatic heterocycles. The van der Waals surface area contributed by atoms with Crippen LogP contribution >= 0.6 is 0 Å². The van der Waals surface area contributed by atoms with Crippen LogP contribution in [0.1, 0.15) is 11.7 Å². The van der Waals surface area contributed by atoms with Crippen LogP contribution in [-0.2, 0) is 42.8 Å². The van der Waals surface area contributed by atoms with Gasteiger partial charge in [0.25, 0.3) is 0 Å². The summed E-state index contributed by atoms with van der Waals surface area (Å²) in [6.07, 6.45) is -0.00691. The lowest BCUT2D eigenvalue weighted by molar-refractivity contribution is -0.151. The molecule has 0 radical (unpaired) electrons. The van der Waals surface area contributed by atoms with Gasteiger partial charge < -0.3 is 47.4 Å². The Morgan fingerprint density at radius 3 is 1.86 bits per heavy atom. The third kappa shape index (κ3) is 9.94. The fourth-order valence-corrected chi connectivity index (χ4v) is 3.79. The summed E-state index contributed by atoms with van der Waals surface area (Å²) in [6.45, 7) is 0.291. The quantitative estimate of drug-likeness (QED) is 0.118. The summed E-state index contributed by atoms with van der Waals surface area (Å²) in [5.74, 6) is -3.19. The highest BCUT2D eigenvalue weighted by Gasteiger charge is 2.22. The average Bonchev–Trinajstić information content (AvgIpc) is 3.00. The highest BCUT2D eigenvalue weighted by molar-refractivity contribution is 5.87. The minimum absolute atomic E-state index is 0.0251. The normalized spacial score (nSPS) is 11.8. The summed E-state index contributed by atoms with van der Waals surface area (Å²) in [6, 6.07) is 8.64. The molecular formula is C30H34O14. The maximum absolute atomic E-state index is 13.5. The van der Waals surface area contributed by atoms with Crippen LogP contribution in [0.4, 0.5) is 0 Å². The molecule has 44 heavy (non-hydrogen) atoms. The van der Waals surface area contributed by atoms with Crippen molar-refractivity contribution in [1.29, 1.82) is 0 Å². The minimum atomic E-state index is -1.23. The standard InChI is InChI=1S/C30H34O14/c1-36-8-11-39-17-26(31)43-24-14-21-23(15-25(24)44-27(32)18-40-12-9-37-2)42-16-22(28(21)33)19-4-6-20(7-5-19)29(30(34)35)41-13-10-38-3/h4-7,14-16,29H,8-13,17-18H2,1-3H3,(H,34,35)/t29-/m0/s1. The van der Waals surface area contributed by atoms with Gasteiger partial charge in [-0.3, -0.25) is 4.79 Å². The Labute approximate surface area is 252 Å². The number of carboxylic acid groups (broad SMARTS) is 1. The zero-order chi connectivity index (χ0) is 31.9. The van der Waals surface area contributed by atoms with Gasteiger partial charge in [0, 0.05) is 27.4 Å². The Kier molecular flexibility index (Phi) is 13.9. The molecule has 0 saturated heterocycles. The van der Waals surface area contributed by atoms with E-state index in [1.54, 1.807) is 12.1 Å². The van der Waals surface area contributed by atoms with E-state index >= 15 is 0 Å². The zero-order valence-electron chi connectivity index (χ0n) is 24.5. The van der Waals surface area contributed by atoms with Crippen LogP contribution in [0.5, 0.6) is 11.5 Å². The van der Waals surface area contributed by atoms with Crippen LogP contribution in [0.25, 0.3) is 22.1 Å². The van der Waals surface area contributed by atoms with Crippen LogP contribution in [-0.4, -0.2) is 97.2 Å². The van der Waals surface area contributed by atoms with Gasteiger partial charge in [-0.15, -0.1) is 0 Å². The van der Waals surface area contributed by atoms with E-state index in [1.807, 2.05) is 0 Å². The number of aliphatic carboxylic acids is 1. The molecule has 3 rings (SSSR count). The van der Waals surface area contributed by atoms with E-state index in [2.05, 4.69) is 0 Å². The molecule has 238 valence electrons. The van der Waals surface area contributed by atoms with Crippen molar-refractivity contribution in [1.82, 2.24) is 0 Å². The van der Waals surface area contributed by atoms with Crippen LogP contribution in [0.3, 0.4) is 0 Å². The minimum Gasteiger partial charge on any atom is -0.479 e. The van der Waals surface area contributed by atoms with Gasteiger partial charge in [-0.05, 0) is 17.2 Å². The lowest BCUT2D eigenvalue weighted by Crippen LogP contribution is -2.20. The number of benzene rings is 2. The van der Waals surface area contributed by atoms with E-state index in [4.69, 9.17) is 42.3 Å². The number of carbonyl (C=O) groups is 3. The van der Waals surface area contributed by atoms with E-state index in [9.17, 15) is 24.3 Å². The Morgan fingerprint density at radius 2 is 1.32 bits per heavy atom. The largest absolute Gasteiger partial charge is 0.479 e. The van der Waals surface area contributed by atoms with Crippen molar-refractivity contribution >= 4 is 28.9 Å². The molecule has 0 aliphatic rings. The SMILES string of the molecule is COCCOCC(=O)Oc1cc2occ(-c3ccc([C@H](OCCOC)C(=O)O)cc3)c(=O)c2cc1OC(=O)COCCOC. The third-order valence-corrected chi connectivity index (χ3v) is 5.91. The third-order valence-electron chi connectivity index (χ3n) is 5.91. The van der Waals surface area contributed by atoms with Crippen LogP contribution in [0.2, 0.25) is 0 Å². The number of methoxy groups -OCH3 is 3. The van der Waals surface area contributed by atoms with E-state index in [0.29, 0.717) is 11.1 Å². The summed E-state index contributed by atoms with van der Waals surface area (Å²) in [5, 5.41) is 9.58. The number of ether oxygens (including phenoxy) is 8. The average molecular weight is 619 g/mol. The van der Waals surface area contributed by atoms with E-state index in [0.717, 1.165) is 0 Å². The topological polar surface area (TPSA) is 175 Å². The molecular weight excluding hydrogens is 584 g/mol. The molecule has 14 heteroatoms. The van der Waals surface area contributed by atoms with Gasteiger partial charge in [-0.25, -0.2) is 14.4 Å². The van der Waals surface area contributed by atoms with Gasteiger partial charge in [0.15, 0.2) is 17.6 Å². The summed E-state index contributed by atoms with van der Waals surface area (Å²) < 4.78 is 46.8. The van der Waals surface area contributed by atoms with Crippen molar-refractivity contribution in [3.05, 3.63) is 58.4 Å². The number of hydrogen-bond donors (Lipinski definition) is 1. The Morgan fingerprint density at radius 1 is 0.773 bits per heavy atom. The monoisotopic (exact) mass is 618 g/mol. The summed E-state index contributed by atoms with van der Waals surface area (Å²) >= 11 is 0. The number of fused-ring (bicyclic) bond motifs is 1. The molecule has 3 aromatic rings. The number of rotatable bonds is 19. The Hall–Kier alpha value is -4.18. The Balaban J connectivity index is 1.92. The van der Waals surface area contributed by atoms with Crippen molar-refractivity contribution in [2.45, 2.75) is 6.10 Å². The highest BCUT2D eigenvalue weighted by atomic mass is 16.6. The Bertz CT molecular complexity index is 1450. The molecule has 0 amide bonds. The van der Waals surface area contributed by atoms with E-state index in [-0.39, 0.29) is 67.7 Å². The molecule has 0 unspecified atom stereocenters. The van der Waals surface area contributed by atoms with Crippen LogP contribution in [0.15, 0.2) is 51.9 Å². The maximum Gasteiger partial charge on any atom is 0.337 e. The van der Waals surface area contributed by atoms with E-state index < -0.39 is 42.7 Å². The second kappa shape index (κ2) is 17.8.